The van der Waals surface area contributed by atoms with Crippen LogP contribution >= 0.6 is 11.6 Å². The molecule has 2 rings (SSSR count). The van der Waals surface area contributed by atoms with E-state index in [0.29, 0.717) is 5.41 Å². The van der Waals surface area contributed by atoms with E-state index < -0.39 is 0 Å². The van der Waals surface area contributed by atoms with Gasteiger partial charge < -0.3 is 5.73 Å². The fourth-order valence-corrected chi connectivity index (χ4v) is 3.09. The van der Waals surface area contributed by atoms with Crippen molar-refractivity contribution in [3.63, 3.8) is 0 Å². The van der Waals surface area contributed by atoms with Crippen LogP contribution in [-0.2, 0) is 6.54 Å². The van der Waals surface area contributed by atoms with Crippen LogP contribution in [0.25, 0.3) is 0 Å². The number of piperidine rings is 1. The molecule has 0 bridgehead atoms. The fraction of sp³-hybridized carbons (Fsp3) is 0.625. The van der Waals surface area contributed by atoms with Crippen LogP contribution < -0.4 is 5.73 Å². The first kappa shape index (κ1) is 14.7. The number of likely N-dealkylation sites (tertiary alicyclic amines) is 1. The zero-order valence-corrected chi connectivity index (χ0v) is 13.0. The van der Waals surface area contributed by atoms with E-state index in [1.807, 2.05) is 18.2 Å². The van der Waals surface area contributed by atoms with Crippen LogP contribution in [0.3, 0.4) is 0 Å². The Bertz CT molecular complexity index is 429. The number of nitrogen functional groups attached to an aromatic ring is 1. The maximum Gasteiger partial charge on any atom is 0.0452 e. The minimum atomic E-state index is 0.431. The number of halogens is 1. The third kappa shape index (κ3) is 3.87. The van der Waals surface area contributed by atoms with E-state index in [9.17, 15) is 0 Å². The molecule has 0 aliphatic carbocycles. The van der Waals surface area contributed by atoms with Crippen molar-refractivity contribution < 1.29 is 0 Å². The maximum atomic E-state index is 6.23. The Morgan fingerprint density at radius 3 is 2.47 bits per heavy atom. The molecule has 106 valence electrons. The summed E-state index contributed by atoms with van der Waals surface area (Å²) in [6, 6.07) is 5.75. The quantitative estimate of drug-likeness (QED) is 0.824. The van der Waals surface area contributed by atoms with Crippen molar-refractivity contribution in [3.05, 3.63) is 28.8 Å². The summed E-state index contributed by atoms with van der Waals surface area (Å²) in [5.74, 6) is 0.833. The molecule has 1 saturated heterocycles. The van der Waals surface area contributed by atoms with E-state index in [1.54, 1.807) is 0 Å². The number of nitrogens with zero attached hydrogens (tertiary/aromatic N) is 1. The molecule has 0 atom stereocenters. The Labute approximate surface area is 121 Å². The second-order valence-electron chi connectivity index (χ2n) is 6.77. The molecule has 2 N–H and O–H groups in total. The van der Waals surface area contributed by atoms with Crippen molar-refractivity contribution in [1.82, 2.24) is 4.90 Å². The Kier molecular flexibility index (Phi) is 4.42. The summed E-state index contributed by atoms with van der Waals surface area (Å²) >= 11 is 6.23. The average molecular weight is 281 g/mol. The van der Waals surface area contributed by atoms with Crippen LogP contribution in [0.15, 0.2) is 18.2 Å². The summed E-state index contributed by atoms with van der Waals surface area (Å²) in [6.07, 6.45) is 2.56. The lowest BCUT2D eigenvalue weighted by Gasteiger charge is -2.38. The molecule has 1 aromatic carbocycles. The molecule has 1 heterocycles. The third-order valence-electron chi connectivity index (χ3n) is 4.28. The Morgan fingerprint density at radius 1 is 1.26 bits per heavy atom. The number of rotatable bonds is 2. The molecule has 2 nitrogen and oxygen atoms in total. The molecular formula is C16H25ClN2. The molecule has 0 radical (unpaired) electrons. The zero-order chi connectivity index (χ0) is 14.0. The zero-order valence-electron chi connectivity index (χ0n) is 12.2. The highest BCUT2D eigenvalue weighted by molar-refractivity contribution is 6.31. The van der Waals surface area contributed by atoms with E-state index in [4.69, 9.17) is 17.3 Å². The van der Waals surface area contributed by atoms with Crippen molar-refractivity contribution in [3.8, 4) is 0 Å². The predicted octanol–water partition coefficient (Wildman–Crippen LogP) is 4.18. The van der Waals surface area contributed by atoms with Crippen molar-refractivity contribution in [2.24, 2.45) is 11.3 Å². The lowest BCUT2D eigenvalue weighted by molar-refractivity contribution is 0.108. The standard InChI is InChI=1S/C16H25ClN2/c1-16(2,3)13-6-8-19(9-7-13)11-12-10-14(18)4-5-15(12)17/h4-5,10,13H,6-9,11,18H2,1-3H3. The third-order valence-corrected chi connectivity index (χ3v) is 4.64. The van der Waals surface area contributed by atoms with Gasteiger partial charge in [-0.1, -0.05) is 32.4 Å². The van der Waals surface area contributed by atoms with E-state index in [1.165, 1.54) is 12.8 Å². The molecule has 0 aromatic heterocycles. The average Bonchev–Trinajstić information content (AvgIpc) is 2.33. The van der Waals surface area contributed by atoms with E-state index in [2.05, 4.69) is 25.7 Å². The molecule has 19 heavy (non-hydrogen) atoms. The number of hydrogen-bond acceptors (Lipinski definition) is 2. The summed E-state index contributed by atoms with van der Waals surface area (Å²) in [7, 11) is 0. The van der Waals surface area contributed by atoms with Gasteiger partial charge in [0.25, 0.3) is 0 Å². The smallest absolute Gasteiger partial charge is 0.0452 e. The highest BCUT2D eigenvalue weighted by Gasteiger charge is 2.28. The summed E-state index contributed by atoms with van der Waals surface area (Å²) in [5, 5.41) is 0.826. The van der Waals surface area contributed by atoms with E-state index >= 15 is 0 Å². The van der Waals surface area contributed by atoms with Gasteiger partial charge in [-0.3, -0.25) is 4.90 Å². The summed E-state index contributed by atoms with van der Waals surface area (Å²) < 4.78 is 0. The van der Waals surface area contributed by atoms with Gasteiger partial charge in [0.15, 0.2) is 0 Å². The first-order valence-corrected chi connectivity index (χ1v) is 7.50. The van der Waals surface area contributed by atoms with Crippen LogP contribution in [0.4, 0.5) is 5.69 Å². The Hall–Kier alpha value is -0.730. The molecule has 1 aliphatic rings. The van der Waals surface area contributed by atoms with Crippen LogP contribution in [0, 0.1) is 11.3 Å². The SMILES string of the molecule is CC(C)(C)C1CCN(Cc2cc(N)ccc2Cl)CC1. The Morgan fingerprint density at radius 2 is 1.89 bits per heavy atom. The topological polar surface area (TPSA) is 29.3 Å². The Balaban J connectivity index is 1.94. The maximum absolute atomic E-state index is 6.23. The second-order valence-corrected chi connectivity index (χ2v) is 7.17. The van der Waals surface area contributed by atoms with Gasteiger partial charge in [0.05, 0.1) is 0 Å². The first-order valence-electron chi connectivity index (χ1n) is 7.12. The largest absolute Gasteiger partial charge is 0.399 e. The van der Waals surface area contributed by atoms with Gasteiger partial charge in [0, 0.05) is 17.3 Å². The molecule has 0 saturated carbocycles. The van der Waals surface area contributed by atoms with E-state index in [0.717, 1.165) is 41.8 Å². The molecular weight excluding hydrogens is 256 g/mol. The molecule has 1 fully saturated rings. The van der Waals surface area contributed by atoms with Gasteiger partial charge in [-0.2, -0.15) is 0 Å². The van der Waals surface area contributed by atoms with Crippen LogP contribution in [0.1, 0.15) is 39.2 Å². The summed E-state index contributed by atoms with van der Waals surface area (Å²) in [5.41, 5.74) is 8.21. The highest BCUT2D eigenvalue weighted by Crippen LogP contribution is 2.34. The fourth-order valence-electron chi connectivity index (χ4n) is 2.91. The molecule has 1 aliphatic heterocycles. The number of hydrogen-bond donors (Lipinski definition) is 1. The second kappa shape index (κ2) is 5.72. The van der Waals surface area contributed by atoms with Crippen LogP contribution in [0.2, 0.25) is 5.02 Å². The van der Waals surface area contributed by atoms with Gasteiger partial charge in [-0.15, -0.1) is 0 Å². The predicted molar refractivity (Wildman–Crippen MR) is 83.3 cm³/mol. The van der Waals surface area contributed by atoms with Crippen molar-refractivity contribution in [2.75, 3.05) is 18.8 Å². The summed E-state index contributed by atoms with van der Waals surface area (Å²) in [6.45, 7) is 10.3. The van der Waals surface area contributed by atoms with E-state index in [-0.39, 0.29) is 0 Å². The van der Waals surface area contributed by atoms with Crippen molar-refractivity contribution in [1.29, 1.82) is 0 Å². The number of anilines is 1. The molecule has 0 spiro atoms. The molecule has 0 unspecified atom stereocenters. The molecule has 1 aromatic rings. The molecule has 3 heteroatoms. The number of benzene rings is 1. The lowest BCUT2D eigenvalue weighted by atomic mass is 9.75. The van der Waals surface area contributed by atoms with Crippen molar-refractivity contribution >= 4 is 17.3 Å². The highest BCUT2D eigenvalue weighted by atomic mass is 35.5. The molecule has 0 amide bonds. The van der Waals surface area contributed by atoms with Gasteiger partial charge in [0.2, 0.25) is 0 Å². The van der Waals surface area contributed by atoms with Crippen LogP contribution in [0.5, 0.6) is 0 Å². The minimum Gasteiger partial charge on any atom is -0.399 e. The van der Waals surface area contributed by atoms with Gasteiger partial charge in [-0.05, 0) is 61.0 Å². The van der Waals surface area contributed by atoms with Gasteiger partial charge in [-0.25, -0.2) is 0 Å². The minimum absolute atomic E-state index is 0.431. The number of nitrogens with two attached hydrogens (primary N) is 1. The van der Waals surface area contributed by atoms with Gasteiger partial charge >= 0.3 is 0 Å². The monoisotopic (exact) mass is 280 g/mol. The van der Waals surface area contributed by atoms with Gasteiger partial charge in [0.1, 0.15) is 0 Å². The normalized spacial score (nSPS) is 18.7. The lowest BCUT2D eigenvalue weighted by Crippen LogP contribution is -2.37. The van der Waals surface area contributed by atoms with Crippen molar-refractivity contribution in [2.45, 2.75) is 40.2 Å². The first-order chi connectivity index (χ1) is 8.86. The summed E-state index contributed by atoms with van der Waals surface area (Å²) in [4.78, 5) is 2.49. The van der Waals surface area contributed by atoms with Crippen LogP contribution in [-0.4, -0.2) is 18.0 Å².